The van der Waals surface area contributed by atoms with Gasteiger partial charge in [0.2, 0.25) is 5.91 Å². The highest BCUT2D eigenvalue weighted by Gasteiger charge is 2.17. The van der Waals surface area contributed by atoms with Crippen LogP contribution in [0.2, 0.25) is 0 Å². The number of aliphatic carboxylic acids is 1. The van der Waals surface area contributed by atoms with Gasteiger partial charge < -0.3 is 16.2 Å². The third-order valence-electron chi connectivity index (χ3n) is 2.78. The van der Waals surface area contributed by atoms with Gasteiger partial charge in [0, 0.05) is 16.6 Å². The molecular formula is C14H15N3O3S. The van der Waals surface area contributed by atoms with Crippen LogP contribution in [0.5, 0.6) is 0 Å². The van der Waals surface area contributed by atoms with E-state index in [1.165, 1.54) is 0 Å². The normalized spacial score (nSPS) is 11.9. The molecule has 4 N–H and O–H groups in total. The Morgan fingerprint density at radius 2 is 2.24 bits per heavy atom. The monoisotopic (exact) mass is 305 g/mol. The highest BCUT2D eigenvalue weighted by atomic mass is 32.1. The van der Waals surface area contributed by atoms with E-state index < -0.39 is 24.3 Å². The van der Waals surface area contributed by atoms with E-state index in [2.05, 4.69) is 10.3 Å². The number of carboxylic acid groups (broad SMARTS) is 1. The van der Waals surface area contributed by atoms with Gasteiger partial charge in [-0.3, -0.25) is 9.59 Å². The van der Waals surface area contributed by atoms with E-state index >= 15 is 0 Å². The van der Waals surface area contributed by atoms with Crippen molar-refractivity contribution in [2.75, 3.05) is 5.32 Å². The average Bonchev–Trinajstić information content (AvgIpc) is 2.85. The Hall–Kier alpha value is -2.25. The van der Waals surface area contributed by atoms with Crippen molar-refractivity contribution in [2.24, 2.45) is 5.73 Å². The lowest BCUT2D eigenvalue weighted by atomic mass is 10.1. The van der Waals surface area contributed by atoms with Crippen molar-refractivity contribution in [2.45, 2.75) is 19.4 Å². The summed E-state index contributed by atoms with van der Waals surface area (Å²) in [5.74, 6) is -1.63. The number of amides is 1. The molecule has 0 bridgehead atoms. The molecule has 0 aliphatic carbocycles. The molecule has 2 aromatic rings. The first-order valence-electron chi connectivity index (χ1n) is 6.26. The van der Waals surface area contributed by atoms with Crippen LogP contribution in [0.3, 0.4) is 0 Å². The number of nitrogens with one attached hydrogen (secondary N) is 1. The zero-order chi connectivity index (χ0) is 15.4. The minimum atomic E-state index is -1.11. The third kappa shape index (κ3) is 4.11. The summed E-state index contributed by atoms with van der Waals surface area (Å²) in [6.07, 6.45) is -0.406. The molecule has 6 nitrogen and oxygen atoms in total. The molecule has 0 aliphatic heterocycles. The van der Waals surface area contributed by atoms with Crippen LogP contribution < -0.4 is 11.1 Å². The van der Waals surface area contributed by atoms with Crippen LogP contribution in [0.4, 0.5) is 5.69 Å². The molecule has 1 amide bonds. The summed E-state index contributed by atoms with van der Waals surface area (Å²) in [6.45, 7) is 1.92. The van der Waals surface area contributed by atoms with E-state index in [9.17, 15) is 9.59 Å². The van der Waals surface area contributed by atoms with Crippen LogP contribution in [0.1, 0.15) is 11.4 Å². The average molecular weight is 305 g/mol. The number of hydrogen-bond acceptors (Lipinski definition) is 5. The van der Waals surface area contributed by atoms with Crippen LogP contribution in [0, 0.1) is 6.92 Å². The predicted octanol–water partition coefficient (Wildman–Crippen LogP) is 1.86. The number of carbonyl (C=O) groups excluding carboxylic acids is 1. The van der Waals surface area contributed by atoms with Crippen molar-refractivity contribution < 1.29 is 14.7 Å². The number of aryl methyl sites for hydroxylation is 1. The van der Waals surface area contributed by atoms with Crippen LogP contribution in [-0.4, -0.2) is 28.0 Å². The largest absolute Gasteiger partial charge is 0.481 e. The van der Waals surface area contributed by atoms with Gasteiger partial charge in [0.05, 0.1) is 23.2 Å². The fourth-order valence-electron chi connectivity index (χ4n) is 1.77. The Morgan fingerprint density at radius 1 is 1.48 bits per heavy atom. The molecule has 21 heavy (non-hydrogen) atoms. The van der Waals surface area contributed by atoms with E-state index in [-0.39, 0.29) is 0 Å². The number of benzene rings is 1. The quantitative estimate of drug-likeness (QED) is 0.782. The number of carbonyl (C=O) groups is 2. The van der Waals surface area contributed by atoms with Gasteiger partial charge in [-0.25, -0.2) is 4.98 Å². The van der Waals surface area contributed by atoms with E-state index in [4.69, 9.17) is 10.8 Å². The van der Waals surface area contributed by atoms with Crippen molar-refractivity contribution in [3.63, 3.8) is 0 Å². The number of nitrogens with two attached hydrogens (primary N) is 1. The summed E-state index contributed by atoms with van der Waals surface area (Å²) < 4.78 is 0. The molecule has 0 fully saturated rings. The van der Waals surface area contributed by atoms with Crippen LogP contribution in [-0.2, 0) is 9.59 Å². The molecule has 110 valence electrons. The van der Waals surface area contributed by atoms with Crippen molar-refractivity contribution in [3.05, 3.63) is 34.7 Å². The molecular weight excluding hydrogens is 290 g/mol. The number of aromatic nitrogens is 1. The summed E-state index contributed by atoms with van der Waals surface area (Å²) in [4.78, 5) is 26.7. The Morgan fingerprint density at radius 3 is 2.86 bits per heavy atom. The van der Waals surface area contributed by atoms with Gasteiger partial charge in [-0.2, -0.15) is 0 Å². The van der Waals surface area contributed by atoms with Crippen molar-refractivity contribution >= 4 is 28.9 Å². The third-order valence-corrected chi connectivity index (χ3v) is 3.55. The van der Waals surface area contributed by atoms with Crippen molar-refractivity contribution in [1.82, 2.24) is 4.98 Å². The summed E-state index contributed by atoms with van der Waals surface area (Å²) in [5.41, 5.74) is 7.79. The number of rotatable bonds is 5. The SMILES string of the molecule is Cc1nc(-c2cccc(NC(=O)C(N)CC(=O)O)c2)cs1. The maximum atomic E-state index is 11.8. The van der Waals surface area contributed by atoms with Crippen molar-refractivity contribution in [3.8, 4) is 11.3 Å². The molecule has 1 heterocycles. The zero-order valence-corrected chi connectivity index (χ0v) is 12.2. The van der Waals surface area contributed by atoms with Gasteiger partial charge in [0.1, 0.15) is 0 Å². The fraction of sp³-hybridized carbons (Fsp3) is 0.214. The smallest absolute Gasteiger partial charge is 0.305 e. The van der Waals surface area contributed by atoms with E-state index in [1.54, 1.807) is 29.5 Å². The number of thiazole rings is 1. The minimum Gasteiger partial charge on any atom is -0.481 e. The first kappa shape index (κ1) is 15.1. The molecule has 0 radical (unpaired) electrons. The van der Waals surface area contributed by atoms with Gasteiger partial charge in [0.25, 0.3) is 0 Å². The number of carboxylic acids is 1. The summed E-state index contributed by atoms with van der Waals surface area (Å²) in [5, 5.41) is 14.1. The Kier molecular flexibility index (Phi) is 4.66. The Balaban J connectivity index is 2.11. The lowest BCUT2D eigenvalue weighted by molar-refractivity contribution is -0.138. The topological polar surface area (TPSA) is 105 Å². The number of anilines is 1. The maximum absolute atomic E-state index is 11.8. The molecule has 1 aromatic carbocycles. The molecule has 0 aliphatic rings. The lowest BCUT2D eigenvalue weighted by Crippen LogP contribution is -2.37. The number of nitrogens with zero attached hydrogens (tertiary/aromatic N) is 1. The van der Waals surface area contributed by atoms with Gasteiger partial charge in [0.15, 0.2) is 0 Å². The van der Waals surface area contributed by atoms with Gasteiger partial charge >= 0.3 is 5.97 Å². The molecule has 1 atom stereocenters. The van der Waals surface area contributed by atoms with E-state index in [1.807, 2.05) is 18.4 Å². The van der Waals surface area contributed by atoms with Crippen LogP contribution >= 0.6 is 11.3 Å². The Labute approximate surface area is 125 Å². The van der Waals surface area contributed by atoms with E-state index in [0.717, 1.165) is 16.3 Å². The molecule has 2 rings (SSSR count). The predicted molar refractivity (Wildman–Crippen MR) is 81.1 cm³/mol. The summed E-state index contributed by atoms with van der Waals surface area (Å²) >= 11 is 1.55. The summed E-state index contributed by atoms with van der Waals surface area (Å²) in [6, 6.07) is 6.10. The second kappa shape index (κ2) is 6.47. The number of hydrogen-bond donors (Lipinski definition) is 3. The fourth-order valence-corrected chi connectivity index (χ4v) is 2.39. The second-order valence-corrected chi connectivity index (χ2v) is 5.59. The second-order valence-electron chi connectivity index (χ2n) is 4.53. The first-order chi connectivity index (χ1) is 9.95. The van der Waals surface area contributed by atoms with E-state index in [0.29, 0.717) is 5.69 Å². The lowest BCUT2D eigenvalue weighted by Gasteiger charge is -2.10. The molecule has 0 saturated carbocycles. The maximum Gasteiger partial charge on any atom is 0.305 e. The standard InChI is InChI=1S/C14H15N3O3S/c1-8-16-12(7-21-8)9-3-2-4-10(5-9)17-14(20)11(15)6-13(18)19/h2-5,7,11H,6,15H2,1H3,(H,17,20)(H,18,19). The van der Waals surface area contributed by atoms with Crippen LogP contribution in [0.25, 0.3) is 11.3 Å². The molecule has 7 heteroatoms. The van der Waals surface area contributed by atoms with Gasteiger partial charge in [-0.05, 0) is 19.1 Å². The molecule has 1 unspecified atom stereocenters. The molecule has 0 saturated heterocycles. The summed E-state index contributed by atoms with van der Waals surface area (Å²) in [7, 11) is 0. The minimum absolute atomic E-state index is 0.406. The van der Waals surface area contributed by atoms with Gasteiger partial charge in [-0.1, -0.05) is 12.1 Å². The zero-order valence-electron chi connectivity index (χ0n) is 11.4. The molecule has 1 aromatic heterocycles. The highest BCUT2D eigenvalue weighted by molar-refractivity contribution is 7.09. The van der Waals surface area contributed by atoms with Gasteiger partial charge in [-0.15, -0.1) is 11.3 Å². The van der Waals surface area contributed by atoms with Crippen LogP contribution in [0.15, 0.2) is 29.6 Å². The van der Waals surface area contributed by atoms with Crippen molar-refractivity contribution in [1.29, 1.82) is 0 Å². The highest BCUT2D eigenvalue weighted by Crippen LogP contribution is 2.24. The molecule has 0 spiro atoms. The first-order valence-corrected chi connectivity index (χ1v) is 7.14. The Bertz CT molecular complexity index is 669.